The van der Waals surface area contributed by atoms with Crippen molar-refractivity contribution in [3.8, 4) is 5.82 Å². The summed E-state index contributed by atoms with van der Waals surface area (Å²) in [4.78, 5) is 23.3. The number of aromatic nitrogens is 4. The summed E-state index contributed by atoms with van der Waals surface area (Å²) in [7, 11) is 0. The molecule has 0 aliphatic carbocycles. The van der Waals surface area contributed by atoms with Crippen LogP contribution in [0.2, 0.25) is 0 Å². The molecule has 1 aromatic carbocycles. The van der Waals surface area contributed by atoms with Crippen LogP contribution < -0.4 is 10.2 Å². The number of amides is 1. The zero-order chi connectivity index (χ0) is 24.0. The van der Waals surface area contributed by atoms with Crippen molar-refractivity contribution < 1.29 is 23.1 Å². The Balaban J connectivity index is 1.31. The van der Waals surface area contributed by atoms with Crippen LogP contribution >= 0.6 is 0 Å². The Morgan fingerprint density at radius 1 is 1.26 bits per heavy atom. The Morgan fingerprint density at radius 3 is 2.79 bits per heavy atom. The van der Waals surface area contributed by atoms with Crippen LogP contribution in [0.5, 0.6) is 0 Å². The molecule has 178 valence electrons. The average molecular weight is 473 g/mol. The van der Waals surface area contributed by atoms with Crippen molar-refractivity contribution in [1.82, 2.24) is 24.6 Å². The average Bonchev–Trinajstić information content (AvgIpc) is 3.35. The summed E-state index contributed by atoms with van der Waals surface area (Å²) in [5.74, 6) is -1.000. The number of alkyl halides is 3. The van der Waals surface area contributed by atoms with E-state index in [-0.39, 0.29) is 18.3 Å². The normalized spacial score (nSPS) is 16.4. The van der Waals surface area contributed by atoms with Crippen molar-refractivity contribution in [1.29, 1.82) is 0 Å². The minimum absolute atomic E-state index is 0.0134. The van der Waals surface area contributed by atoms with E-state index < -0.39 is 12.1 Å². The smallest absolute Gasteiger partial charge is 0.390 e. The molecule has 2 aliphatic rings. The molecule has 2 aliphatic heterocycles. The monoisotopic (exact) mass is 473 g/mol. The number of fused-ring (bicyclic) bond motifs is 1. The fourth-order valence-corrected chi connectivity index (χ4v) is 4.19. The van der Waals surface area contributed by atoms with Gasteiger partial charge in [0, 0.05) is 61.6 Å². The zero-order valence-corrected chi connectivity index (χ0v) is 18.2. The van der Waals surface area contributed by atoms with Crippen LogP contribution in [0, 0.1) is 6.92 Å². The Hall–Kier alpha value is -3.51. The molecule has 1 amide bonds. The van der Waals surface area contributed by atoms with Gasteiger partial charge >= 0.3 is 12.1 Å². The molecule has 0 saturated carbocycles. The number of benzene rings is 1. The third-order valence-electron chi connectivity index (χ3n) is 5.93. The molecule has 0 atom stereocenters. The van der Waals surface area contributed by atoms with Gasteiger partial charge < -0.3 is 15.3 Å². The van der Waals surface area contributed by atoms with Crippen molar-refractivity contribution in [2.45, 2.75) is 32.2 Å². The number of nitrogens with zero attached hydrogens (tertiary/aromatic N) is 6. The number of aliphatic hydroxyl groups is 1. The highest BCUT2D eigenvalue weighted by Crippen LogP contribution is 2.34. The Morgan fingerprint density at radius 2 is 2.06 bits per heavy atom. The number of carbonyl (C=O) groups is 1. The van der Waals surface area contributed by atoms with Gasteiger partial charge in [0.15, 0.2) is 5.82 Å². The van der Waals surface area contributed by atoms with Gasteiger partial charge in [-0.1, -0.05) is 0 Å². The lowest BCUT2D eigenvalue weighted by molar-refractivity contribution is -0.170. The Kier molecular flexibility index (Phi) is 5.48. The first-order chi connectivity index (χ1) is 16.2. The number of anilines is 3. The van der Waals surface area contributed by atoms with Crippen molar-refractivity contribution >= 4 is 23.2 Å². The second kappa shape index (κ2) is 8.37. The number of aryl methyl sites for hydroxylation is 1. The van der Waals surface area contributed by atoms with E-state index in [4.69, 9.17) is 0 Å². The molecule has 0 bridgehead atoms. The van der Waals surface area contributed by atoms with Gasteiger partial charge in [0.05, 0.1) is 11.8 Å². The summed E-state index contributed by atoms with van der Waals surface area (Å²) in [5, 5.41) is 17.1. The van der Waals surface area contributed by atoms with Crippen LogP contribution in [0.4, 0.5) is 30.5 Å². The molecule has 0 unspecified atom stereocenters. The van der Waals surface area contributed by atoms with E-state index in [1.165, 1.54) is 6.07 Å². The number of β-amino-alcohol motifs (C(OH)–C–C–N with tert-alkyl or cyclic N) is 1. The number of carbonyl (C=O) groups excluding carboxylic acids is 1. The lowest BCUT2D eigenvalue weighted by Gasteiger charge is -2.35. The predicted molar refractivity (Wildman–Crippen MR) is 117 cm³/mol. The maximum Gasteiger partial charge on any atom is 0.471 e. The molecule has 12 heteroatoms. The molecule has 0 radical (unpaired) electrons. The number of hydrogen-bond donors (Lipinski definition) is 2. The van der Waals surface area contributed by atoms with Gasteiger partial charge in [0.2, 0.25) is 5.95 Å². The highest BCUT2D eigenvalue weighted by atomic mass is 19.4. The van der Waals surface area contributed by atoms with Crippen LogP contribution in [0.15, 0.2) is 36.7 Å². The highest BCUT2D eigenvalue weighted by Gasteiger charge is 2.44. The van der Waals surface area contributed by atoms with Crippen molar-refractivity contribution in [3.63, 3.8) is 0 Å². The van der Waals surface area contributed by atoms with Gasteiger partial charge in [0.25, 0.3) is 0 Å². The molecule has 5 rings (SSSR count). The van der Waals surface area contributed by atoms with E-state index in [2.05, 4.69) is 25.3 Å². The van der Waals surface area contributed by atoms with Gasteiger partial charge in [-0.3, -0.25) is 9.69 Å². The number of nitrogens with one attached hydrogen (secondary N) is 1. The second-order valence-electron chi connectivity index (χ2n) is 8.44. The first-order valence-electron chi connectivity index (χ1n) is 10.7. The first kappa shape index (κ1) is 22.3. The van der Waals surface area contributed by atoms with Crippen molar-refractivity contribution in [2.75, 3.05) is 29.9 Å². The molecular formula is C22H22F3N7O2. The van der Waals surface area contributed by atoms with Gasteiger partial charge in [-0.05, 0) is 37.1 Å². The number of hydrogen-bond acceptors (Lipinski definition) is 7. The van der Waals surface area contributed by atoms with Gasteiger partial charge in [-0.25, -0.2) is 9.67 Å². The first-order valence-corrected chi connectivity index (χ1v) is 10.7. The molecular weight excluding hydrogens is 451 g/mol. The summed E-state index contributed by atoms with van der Waals surface area (Å²) in [6, 6.07) is 6.51. The molecule has 0 spiro atoms. The predicted octanol–water partition coefficient (Wildman–Crippen LogP) is 2.34. The Labute approximate surface area is 192 Å². The number of aliphatic hydroxyl groups excluding tert-OH is 1. The minimum atomic E-state index is -4.91. The molecule has 3 aromatic rings. The van der Waals surface area contributed by atoms with E-state index in [0.717, 1.165) is 16.2 Å². The summed E-state index contributed by atoms with van der Waals surface area (Å²) in [6.07, 6.45) is -1.36. The summed E-state index contributed by atoms with van der Waals surface area (Å²) in [6.45, 7) is 3.90. The van der Waals surface area contributed by atoms with E-state index in [1.54, 1.807) is 29.1 Å². The van der Waals surface area contributed by atoms with Crippen LogP contribution in [0.3, 0.4) is 0 Å². The van der Waals surface area contributed by atoms with E-state index >= 15 is 0 Å². The van der Waals surface area contributed by atoms with Crippen LogP contribution in [0.1, 0.15) is 16.8 Å². The third-order valence-corrected chi connectivity index (χ3v) is 5.93. The van der Waals surface area contributed by atoms with Crippen molar-refractivity contribution in [3.05, 3.63) is 53.5 Å². The SMILES string of the molecule is Cc1nn(-c2ccnc(Nc3ccc4c(c3)CCN4C(=O)C(F)(F)F)n2)cc1CN1CC(O)C1. The number of likely N-dealkylation sites (tertiary alicyclic amines) is 1. The largest absolute Gasteiger partial charge is 0.471 e. The summed E-state index contributed by atoms with van der Waals surface area (Å²) in [5.41, 5.74) is 3.41. The molecule has 1 fully saturated rings. The summed E-state index contributed by atoms with van der Waals surface area (Å²) < 4.78 is 40.1. The van der Waals surface area contributed by atoms with E-state index in [9.17, 15) is 23.1 Å². The van der Waals surface area contributed by atoms with Crippen LogP contribution in [-0.2, 0) is 17.8 Å². The molecule has 2 N–H and O–H groups in total. The second-order valence-corrected chi connectivity index (χ2v) is 8.44. The number of rotatable bonds is 5. The lowest BCUT2D eigenvalue weighted by atomic mass is 10.1. The van der Waals surface area contributed by atoms with Crippen LogP contribution in [-0.4, -0.2) is 67.6 Å². The standard InChI is InChI=1S/C22H22F3N7O2/c1-13-15(9-30-11-17(33)12-30)10-32(29-13)19-4-6-26-21(28-19)27-16-2-3-18-14(8-16)5-7-31(18)20(34)22(23,24)25/h2-4,6,8,10,17,33H,5,7,9,11-12H2,1H3,(H,26,27,28). The molecule has 2 aromatic heterocycles. The quantitative estimate of drug-likeness (QED) is 0.587. The fraction of sp³-hybridized carbons (Fsp3) is 0.364. The number of halogens is 3. The van der Waals surface area contributed by atoms with E-state index in [1.807, 2.05) is 13.1 Å². The molecule has 1 saturated heterocycles. The maximum absolute atomic E-state index is 12.8. The highest BCUT2D eigenvalue weighted by molar-refractivity contribution is 5.99. The molecule has 4 heterocycles. The lowest BCUT2D eigenvalue weighted by Crippen LogP contribution is -2.49. The third kappa shape index (κ3) is 4.33. The molecule has 9 nitrogen and oxygen atoms in total. The topological polar surface area (TPSA) is 99.4 Å². The van der Waals surface area contributed by atoms with E-state index in [0.29, 0.717) is 49.1 Å². The van der Waals surface area contributed by atoms with Gasteiger partial charge in [0.1, 0.15) is 0 Å². The summed E-state index contributed by atoms with van der Waals surface area (Å²) >= 11 is 0. The zero-order valence-electron chi connectivity index (χ0n) is 18.2. The van der Waals surface area contributed by atoms with Gasteiger partial charge in [-0.2, -0.15) is 23.3 Å². The molecule has 34 heavy (non-hydrogen) atoms. The van der Waals surface area contributed by atoms with Crippen molar-refractivity contribution in [2.24, 2.45) is 0 Å². The van der Waals surface area contributed by atoms with Gasteiger partial charge in [-0.15, -0.1) is 0 Å². The Bertz CT molecular complexity index is 1240. The fourth-order valence-electron chi connectivity index (χ4n) is 4.19. The van der Waals surface area contributed by atoms with Crippen LogP contribution in [0.25, 0.3) is 5.82 Å². The minimum Gasteiger partial charge on any atom is -0.390 e. The maximum atomic E-state index is 12.8.